The van der Waals surface area contributed by atoms with Gasteiger partial charge in [0.25, 0.3) is 0 Å². The molecule has 0 bridgehead atoms. The van der Waals surface area contributed by atoms with Gasteiger partial charge >= 0.3 is 0 Å². The van der Waals surface area contributed by atoms with Crippen molar-refractivity contribution in [2.45, 2.75) is 0 Å². The zero-order chi connectivity index (χ0) is 10.3. The summed E-state index contributed by atoms with van der Waals surface area (Å²) >= 11 is 1.53. The Balaban J connectivity index is 0.000000963. The van der Waals surface area contributed by atoms with Crippen LogP contribution in [0.4, 0.5) is 0 Å². The van der Waals surface area contributed by atoms with Gasteiger partial charge in [-0.3, -0.25) is 0 Å². The van der Waals surface area contributed by atoms with E-state index in [1.54, 1.807) is 10.8 Å². The quantitative estimate of drug-likeness (QED) is 0.368. The van der Waals surface area contributed by atoms with E-state index >= 15 is 0 Å². The van der Waals surface area contributed by atoms with Gasteiger partial charge in [-0.25, -0.2) is 4.57 Å². The molecule has 3 aromatic heterocycles. The van der Waals surface area contributed by atoms with E-state index in [2.05, 4.69) is 15.3 Å². The Morgan fingerprint density at radius 1 is 1.44 bits per heavy atom. The molecular formula is C9H8IN5S. The van der Waals surface area contributed by atoms with Crippen molar-refractivity contribution in [3.8, 4) is 10.6 Å². The second-order valence-electron chi connectivity index (χ2n) is 3.22. The number of aryl methyl sites for hydroxylation is 1. The van der Waals surface area contributed by atoms with Crippen LogP contribution in [0.5, 0.6) is 0 Å². The number of hydrogen-bond acceptors (Lipinski definition) is 4. The fourth-order valence-corrected chi connectivity index (χ4v) is 2.20. The summed E-state index contributed by atoms with van der Waals surface area (Å²) in [4.78, 5) is 0.816. The summed E-state index contributed by atoms with van der Waals surface area (Å²) in [6.45, 7) is 0. The van der Waals surface area contributed by atoms with Crippen LogP contribution in [0.2, 0.25) is 0 Å². The summed E-state index contributed by atoms with van der Waals surface area (Å²) in [6, 6.07) is 4.03. The molecule has 82 valence electrons. The molecule has 0 atom stereocenters. The third kappa shape index (κ3) is 1.92. The van der Waals surface area contributed by atoms with Crippen LogP contribution in [-0.4, -0.2) is 19.8 Å². The first-order valence-corrected chi connectivity index (χ1v) is 5.27. The first-order valence-electron chi connectivity index (χ1n) is 4.45. The highest BCUT2D eigenvalue weighted by molar-refractivity contribution is 7.19. The largest absolute Gasteiger partial charge is 1.00 e. The lowest BCUT2D eigenvalue weighted by atomic mass is 10.3. The van der Waals surface area contributed by atoms with Gasteiger partial charge in [-0.05, 0) is 6.07 Å². The van der Waals surface area contributed by atoms with E-state index in [1.165, 1.54) is 11.3 Å². The molecule has 0 N–H and O–H groups in total. The molecular weight excluding hydrogens is 337 g/mol. The number of aromatic nitrogens is 5. The van der Waals surface area contributed by atoms with Crippen molar-refractivity contribution in [3.63, 3.8) is 0 Å². The number of hydrogen-bond donors (Lipinski definition) is 0. The van der Waals surface area contributed by atoms with Crippen LogP contribution >= 0.6 is 11.3 Å². The molecule has 0 amide bonds. The molecule has 3 aromatic rings. The van der Waals surface area contributed by atoms with Gasteiger partial charge in [0.15, 0.2) is 17.4 Å². The normalized spacial score (nSPS) is 10.3. The van der Waals surface area contributed by atoms with E-state index in [-0.39, 0.29) is 24.0 Å². The van der Waals surface area contributed by atoms with Crippen molar-refractivity contribution < 1.29 is 28.5 Å². The van der Waals surface area contributed by atoms with Gasteiger partial charge in [-0.2, -0.15) is 9.61 Å². The van der Waals surface area contributed by atoms with Gasteiger partial charge < -0.3 is 24.0 Å². The molecule has 16 heavy (non-hydrogen) atoms. The molecule has 0 aliphatic heterocycles. The Hall–Kier alpha value is -1.09. The van der Waals surface area contributed by atoms with Crippen molar-refractivity contribution in [1.29, 1.82) is 0 Å². The monoisotopic (exact) mass is 345 g/mol. The highest BCUT2D eigenvalue weighted by Gasteiger charge is 2.09. The smallest absolute Gasteiger partial charge is 0.234 e. The molecule has 5 nitrogen and oxygen atoms in total. The van der Waals surface area contributed by atoms with Crippen LogP contribution in [0, 0.1) is 0 Å². The van der Waals surface area contributed by atoms with E-state index in [4.69, 9.17) is 0 Å². The fraction of sp³-hybridized carbons (Fsp3) is 0.111. The van der Waals surface area contributed by atoms with Gasteiger partial charge in [0, 0.05) is 6.07 Å². The minimum atomic E-state index is 0. The number of halogens is 1. The molecule has 0 radical (unpaired) electrons. The molecule has 0 spiro atoms. The van der Waals surface area contributed by atoms with Crippen LogP contribution in [-0.2, 0) is 7.05 Å². The summed E-state index contributed by atoms with van der Waals surface area (Å²) in [6.07, 6.45) is 5.63. The number of pyridine rings is 1. The van der Waals surface area contributed by atoms with E-state index in [0.29, 0.717) is 0 Å². The van der Waals surface area contributed by atoms with E-state index < -0.39 is 0 Å². The Kier molecular flexibility index (Phi) is 3.15. The van der Waals surface area contributed by atoms with Gasteiger partial charge in [0.1, 0.15) is 13.4 Å². The summed E-state index contributed by atoms with van der Waals surface area (Å²) in [5, 5.41) is 13.1. The second-order valence-corrected chi connectivity index (χ2v) is 4.18. The van der Waals surface area contributed by atoms with Crippen molar-refractivity contribution >= 4 is 16.3 Å². The minimum absolute atomic E-state index is 0. The molecule has 0 unspecified atom stereocenters. The average molecular weight is 345 g/mol. The standard InChI is InChI=1S/C9H8N5S.HI/c1-13-4-2-3-7(5-13)8-12-14-6-10-11-9(14)15-8;/h2-6H,1H3;1H/q+1;/p-1. The molecule has 0 saturated heterocycles. The molecule has 0 aromatic carbocycles. The van der Waals surface area contributed by atoms with Gasteiger partial charge in [-0.15, -0.1) is 10.2 Å². The fourth-order valence-electron chi connectivity index (χ4n) is 1.39. The van der Waals surface area contributed by atoms with E-state index in [1.807, 2.05) is 36.1 Å². The van der Waals surface area contributed by atoms with Gasteiger partial charge in [0.05, 0.1) is 5.56 Å². The van der Waals surface area contributed by atoms with Gasteiger partial charge in [0.2, 0.25) is 4.96 Å². The summed E-state index contributed by atoms with van der Waals surface area (Å²) in [7, 11) is 1.99. The second kappa shape index (κ2) is 4.42. The summed E-state index contributed by atoms with van der Waals surface area (Å²) < 4.78 is 3.69. The molecule has 0 aliphatic rings. The maximum Gasteiger partial charge on any atom is 0.234 e. The molecule has 3 rings (SSSR count). The van der Waals surface area contributed by atoms with Crippen molar-refractivity contribution in [1.82, 2.24) is 19.8 Å². The van der Waals surface area contributed by atoms with Crippen molar-refractivity contribution in [2.75, 3.05) is 0 Å². The molecule has 3 heterocycles. The Bertz CT molecular complexity index is 588. The van der Waals surface area contributed by atoms with Crippen LogP contribution in [0.1, 0.15) is 0 Å². The topological polar surface area (TPSA) is 47.0 Å². The zero-order valence-corrected chi connectivity index (χ0v) is 11.4. The van der Waals surface area contributed by atoms with Crippen molar-refractivity contribution in [3.05, 3.63) is 30.9 Å². The molecule has 0 saturated carbocycles. The van der Waals surface area contributed by atoms with Gasteiger partial charge in [-0.1, -0.05) is 11.3 Å². The number of fused-ring (bicyclic) bond motifs is 1. The zero-order valence-electron chi connectivity index (χ0n) is 8.41. The lowest BCUT2D eigenvalue weighted by molar-refractivity contribution is -0.671. The SMILES string of the molecule is C[n+]1cccc(-c2nn3cnnc3s2)c1.[I-]. The lowest BCUT2D eigenvalue weighted by Gasteiger charge is -1.91. The van der Waals surface area contributed by atoms with Crippen LogP contribution in [0.25, 0.3) is 15.5 Å². The molecule has 7 heteroatoms. The third-order valence-corrected chi connectivity index (χ3v) is 3.04. The Labute approximate surface area is 113 Å². The minimum Gasteiger partial charge on any atom is -1.00 e. The molecule has 0 fully saturated rings. The van der Waals surface area contributed by atoms with E-state index in [0.717, 1.165) is 15.5 Å². The Morgan fingerprint density at radius 2 is 2.31 bits per heavy atom. The van der Waals surface area contributed by atoms with Crippen LogP contribution in [0.15, 0.2) is 30.9 Å². The number of rotatable bonds is 1. The maximum atomic E-state index is 4.38. The Morgan fingerprint density at radius 3 is 3.06 bits per heavy atom. The first kappa shape index (κ1) is 11.4. The summed E-state index contributed by atoms with van der Waals surface area (Å²) in [5.41, 5.74) is 1.09. The van der Waals surface area contributed by atoms with Crippen LogP contribution in [0.3, 0.4) is 0 Å². The maximum absolute atomic E-state index is 4.38. The highest BCUT2D eigenvalue weighted by atomic mass is 127. The lowest BCUT2D eigenvalue weighted by Crippen LogP contribution is -3.00. The van der Waals surface area contributed by atoms with Crippen LogP contribution < -0.4 is 28.5 Å². The molecule has 0 aliphatic carbocycles. The predicted molar refractivity (Wildman–Crippen MR) is 55.3 cm³/mol. The average Bonchev–Trinajstić information content (AvgIpc) is 2.76. The number of nitrogens with zero attached hydrogens (tertiary/aromatic N) is 5. The van der Waals surface area contributed by atoms with E-state index in [9.17, 15) is 0 Å². The summed E-state index contributed by atoms with van der Waals surface area (Å²) in [5.74, 6) is 0. The highest BCUT2D eigenvalue weighted by Crippen LogP contribution is 2.22. The predicted octanol–water partition coefficient (Wildman–Crippen LogP) is -2.32. The third-order valence-electron chi connectivity index (χ3n) is 2.07. The first-order chi connectivity index (χ1) is 7.33. The van der Waals surface area contributed by atoms with Crippen molar-refractivity contribution in [2.24, 2.45) is 7.05 Å².